The van der Waals surface area contributed by atoms with E-state index in [2.05, 4.69) is 17.6 Å². The molecular formula is C28H27ClN2O5. The van der Waals surface area contributed by atoms with Crippen molar-refractivity contribution in [2.75, 3.05) is 18.7 Å². The van der Waals surface area contributed by atoms with Crippen molar-refractivity contribution in [1.82, 2.24) is 5.32 Å². The van der Waals surface area contributed by atoms with Gasteiger partial charge >= 0.3 is 0 Å². The minimum Gasteiger partial charge on any atom is -0.494 e. The van der Waals surface area contributed by atoms with Crippen molar-refractivity contribution < 1.29 is 23.8 Å². The van der Waals surface area contributed by atoms with E-state index in [4.69, 9.17) is 25.8 Å². The maximum Gasteiger partial charge on any atom is 0.272 e. The van der Waals surface area contributed by atoms with Gasteiger partial charge in [-0.15, -0.1) is 0 Å². The smallest absolute Gasteiger partial charge is 0.272 e. The van der Waals surface area contributed by atoms with Crippen LogP contribution >= 0.6 is 11.6 Å². The highest BCUT2D eigenvalue weighted by molar-refractivity contribution is 6.34. The molecule has 0 radical (unpaired) electrons. The van der Waals surface area contributed by atoms with Crippen LogP contribution in [0.15, 0.2) is 72.4 Å². The van der Waals surface area contributed by atoms with Crippen LogP contribution in [0, 0.1) is 0 Å². The third-order valence-corrected chi connectivity index (χ3v) is 5.78. The van der Waals surface area contributed by atoms with Gasteiger partial charge in [-0.1, -0.05) is 49.6 Å². The van der Waals surface area contributed by atoms with Gasteiger partial charge in [-0.3, -0.25) is 9.59 Å². The van der Waals surface area contributed by atoms with Crippen molar-refractivity contribution in [1.29, 1.82) is 0 Å². The molecule has 0 saturated carbocycles. The molecule has 0 bridgehead atoms. The Morgan fingerprint density at radius 3 is 2.56 bits per heavy atom. The Balaban J connectivity index is 1.52. The van der Waals surface area contributed by atoms with Crippen molar-refractivity contribution in [3.8, 4) is 17.2 Å². The van der Waals surface area contributed by atoms with E-state index >= 15 is 0 Å². The zero-order chi connectivity index (χ0) is 25.3. The van der Waals surface area contributed by atoms with Crippen LogP contribution in [0.4, 0.5) is 5.69 Å². The minimum absolute atomic E-state index is 0.0404. The van der Waals surface area contributed by atoms with Gasteiger partial charge in [0, 0.05) is 5.69 Å². The molecule has 1 aliphatic heterocycles. The molecule has 0 fully saturated rings. The molecule has 2 amide bonds. The zero-order valence-corrected chi connectivity index (χ0v) is 20.6. The number of carbonyl (C=O) groups is 2. The molecule has 36 heavy (non-hydrogen) atoms. The third-order valence-electron chi connectivity index (χ3n) is 5.45. The standard InChI is InChI=1S/C28H27ClN2O5/c1-2-3-6-15-34-21-12-10-20(11-13-21)30-28(33)24(31-27(32)22-7-4-5-8-23(22)29)16-19-9-14-25-26(17-19)36-18-35-25/h4-5,7-14,16-17H,2-3,6,15,18H2,1H3,(H,30,33)(H,31,32). The first-order chi connectivity index (χ1) is 17.5. The highest BCUT2D eigenvalue weighted by atomic mass is 35.5. The number of anilines is 1. The molecule has 0 spiro atoms. The second kappa shape index (κ2) is 12.1. The van der Waals surface area contributed by atoms with Gasteiger partial charge in [-0.25, -0.2) is 0 Å². The van der Waals surface area contributed by atoms with Gasteiger partial charge in [-0.05, 0) is 66.6 Å². The molecule has 3 aromatic carbocycles. The number of unbranched alkanes of at least 4 members (excludes halogenated alkanes) is 2. The van der Waals surface area contributed by atoms with Crippen molar-refractivity contribution in [2.24, 2.45) is 0 Å². The average molecular weight is 507 g/mol. The quantitative estimate of drug-likeness (QED) is 0.258. The molecule has 0 unspecified atom stereocenters. The van der Waals surface area contributed by atoms with E-state index < -0.39 is 11.8 Å². The highest BCUT2D eigenvalue weighted by Gasteiger charge is 2.18. The molecule has 4 rings (SSSR count). The molecule has 0 saturated heterocycles. The fourth-order valence-corrected chi connectivity index (χ4v) is 3.76. The predicted octanol–water partition coefficient (Wildman–Crippen LogP) is 6.05. The second-order valence-corrected chi connectivity index (χ2v) is 8.55. The summed E-state index contributed by atoms with van der Waals surface area (Å²) in [4.78, 5) is 26.1. The summed E-state index contributed by atoms with van der Waals surface area (Å²) >= 11 is 6.18. The number of hydrogen-bond acceptors (Lipinski definition) is 5. The summed E-state index contributed by atoms with van der Waals surface area (Å²) in [6.45, 7) is 2.93. The van der Waals surface area contributed by atoms with Crippen LogP contribution in [0.5, 0.6) is 17.2 Å². The number of hydrogen-bond donors (Lipinski definition) is 2. The van der Waals surface area contributed by atoms with E-state index in [1.54, 1.807) is 72.8 Å². The molecule has 8 heteroatoms. The first-order valence-corrected chi connectivity index (χ1v) is 12.1. The second-order valence-electron chi connectivity index (χ2n) is 8.14. The Labute approximate surface area is 215 Å². The Morgan fingerprint density at radius 2 is 1.78 bits per heavy atom. The first-order valence-electron chi connectivity index (χ1n) is 11.7. The molecule has 3 aromatic rings. The lowest BCUT2D eigenvalue weighted by molar-refractivity contribution is -0.113. The van der Waals surface area contributed by atoms with Crippen LogP contribution in [0.25, 0.3) is 6.08 Å². The molecular weight excluding hydrogens is 480 g/mol. The average Bonchev–Trinajstić information content (AvgIpc) is 3.35. The fraction of sp³-hybridized carbons (Fsp3) is 0.214. The van der Waals surface area contributed by atoms with Crippen LogP contribution in [-0.2, 0) is 4.79 Å². The number of nitrogens with one attached hydrogen (secondary N) is 2. The maximum absolute atomic E-state index is 13.2. The summed E-state index contributed by atoms with van der Waals surface area (Å²) in [5.41, 5.74) is 1.51. The summed E-state index contributed by atoms with van der Waals surface area (Å²) in [6, 6.07) is 19.0. The lowest BCUT2D eigenvalue weighted by Crippen LogP contribution is -2.30. The van der Waals surface area contributed by atoms with Crippen molar-refractivity contribution >= 4 is 35.2 Å². The largest absolute Gasteiger partial charge is 0.494 e. The molecule has 2 N–H and O–H groups in total. The van der Waals surface area contributed by atoms with Gasteiger partial charge in [0.15, 0.2) is 11.5 Å². The molecule has 0 aliphatic carbocycles. The molecule has 0 atom stereocenters. The Hall–Kier alpha value is -3.97. The molecule has 1 aliphatic rings. The minimum atomic E-state index is -0.501. The summed E-state index contributed by atoms with van der Waals surface area (Å²) in [5.74, 6) is 0.918. The van der Waals surface area contributed by atoms with E-state index in [1.165, 1.54) is 0 Å². The normalized spacial score (nSPS) is 12.2. The Kier molecular flexibility index (Phi) is 8.47. The lowest BCUT2D eigenvalue weighted by atomic mass is 10.1. The summed E-state index contributed by atoms with van der Waals surface area (Å²) in [5, 5.41) is 5.80. The summed E-state index contributed by atoms with van der Waals surface area (Å²) < 4.78 is 16.5. The number of benzene rings is 3. The predicted molar refractivity (Wildman–Crippen MR) is 140 cm³/mol. The van der Waals surface area contributed by atoms with Gasteiger partial charge in [0.2, 0.25) is 6.79 Å². The molecule has 1 heterocycles. The number of rotatable bonds is 10. The first kappa shape index (κ1) is 25.1. The van der Waals surface area contributed by atoms with E-state index in [0.29, 0.717) is 29.4 Å². The number of carbonyl (C=O) groups excluding carboxylic acids is 2. The van der Waals surface area contributed by atoms with Crippen LogP contribution in [0.3, 0.4) is 0 Å². The van der Waals surface area contributed by atoms with Crippen LogP contribution in [0.2, 0.25) is 5.02 Å². The number of halogens is 1. The van der Waals surface area contributed by atoms with Crippen LogP contribution in [0.1, 0.15) is 42.1 Å². The number of amides is 2. The number of fused-ring (bicyclic) bond motifs is 1. The van der Waals surface area contributed by atoms with Crippen molar-refractivity contribution in [3.63, 3.8) is 0 Å². The summed E-state index contributed by atoms with van der Waals surface area (Å²) in [7, 11) is 0. The Bertz CT molecular complexity index is 1260. The van der Waals surface area contributed by atoms with Gasteiger partial charge in [0.1, 0.15) is 11.4 Å². The van der Waals surface area contributed by atoms with Gasteiger partial charge in [0.25, 0.3) is 11.8 Å². The van der Waals surface area contributed by atoms with E-state index in [0.717, 1.165) is 25.0 Å². The van der Waals surface area contributed by atoms with E-state index in [1.807, 2.05) is 0 Å². The van der Waals surface area contributed by atoms with Crippen molar-refractivity contribution in [3.05, 3.63) is 88.6 Å². The molecule has 7 nitrogen and oxygen atoms in total. The van der Waals surface area contributed by atoms with Gasteiger partial charge in [-0.2, -0.15) is 0 Å². The monoisotopic (exact) mass is 506 g/mol. The molecule has 0 aromatic heterocycles. The lowest BCUT2D eigenvalue weighted by Gasteiger charge is -2.13. The summed E-state index contributed by atoms with van der Waals surface area (Å²) in [6.07, 6.45) is 4.81. The van der Waals surface area contributed by atoms with E-state index in [-0.39, 0.29) is 23.1 Å². The van der Waals surface area contributed by atoms with Gasteiger partial charge in [0.05, 0.1) is 17.2 Å². The van der Waals surface area contributed by atoms with Crippen LogP contribution < -0.4 is 24.8 Å². The van der Waals surface area contributed by atoms with E-state index in [9.17, 15) is 9.59 Å². The Morgan fingerprint density at radius 1 is 1.00 bits per heavy atom. The maximum atomic E-state index is 13.2. The molecule has 186 valence electrons. The third kappa shape index (κ3) is 6.58. The fourth-order valence-electron chi connectivity index (χ4n) is 3.54. The SMILES string of the molecule is CCCCCOc1ccc(NC(=O)C(=Cc2ccc3c(c2)OCO3)NC(=O)c2ccccc2Cl)cc1. The van der Waals surface area contributed by atoms with Crippen LogP contribution in [-0.4, -0.2) is 25.2 Å². The topological polar surface area (TPSA) is 85.9 Å². The zero-order valence-electron chi connectivity index (χ0n) is 19.9. The highest BCUT2D eigenvalue weighted by Crippen LogP contribution is 2.33. The van der Waals surface area contributed by atoms with Gasteiger partial charge < -0.3 is 24.8 Å². The van der Waals surface area contributed by atoms with Crippen molar-refractivity contribution in [2.45, 2.75) is 26.2 Å². The number of ether oxygens (including phenoxy) is 3.